The summed E-state index contributed by atoms with van der Waals surface area (Å²) in [7, 11) is 6.52. The van der Waals surface area contributed by atoms with Crippen LogP contribution in [0.1, 0.15) is 161 Å². The maximum atomic E-state index is 14.1. The van der Waals surface area contributed by atoms with Crippen LogP contribution >= 0.6 is 0 Å². The van der Waals surface area contributed by atoms with Crippen molar-refractivity contribution in [2.24, 2.45) is 0 Å². The molecular weight excluding hydrogens is 447 g/mol. The van der Waals surface area contributed by atoms with Crippen molar-refractivity contribution in [2.45, 2.75) is 167 Å². The van der Waals surface area contributed by atoms with Crippen LogP contribution in [0.2, 0.25) is 0 Å². The van der Waals surface area contributed by atoms with Crippen molar-refractivity contribution in [1.82, 2.24) is 5.32 Å². The fourth-order valence-corrected chi connectivity index (χ4v) is 4.93. The summed E-state index contributed by atoms with van der Waals surface area (Å²) in [5.41, 5.74) is 0. The maximum Gasteiger partial charge on any atom is 0.219 e. The number of amides is 1. The van der Waals surface area contributed by atoms with Gasteiger partial charge in [0.15, 0.2) is 0 Å². The Morgan fingerprint density at radius 2 is 1.00 bits per heavy atom. The predicted octanol–water partition coefficient (Wildman–Crippen LogP) is 9.53. The van der Waals surface area contributed by atoms with Crippen LogP contribution in [0.4, 0.5) is 4.39 Å². The number of rotatable bonds is 28. The first kappa shape index (κ1) is 35.4. The van der Waals surface area contributed by atoms with E-state index >= 15 is 0 Å². The van der Waals surface area contributed by atoms with Crippen LogP contribution in [0.3, 0.4) is 0 Å². The number of carbonyl (C=O) groups excluding carboxylic acids is 1. The molecule has 0 aliphatic rings. The maximum absolute atomic E-state index is 14.1. The molecule has 1 amide bonds. The standard InChI is InChI=1S/C32H65FN2O/c1-5-6-7-8-9-10-11-12-13-14-15-16-17-19-22-26-31(33)27-23-20-18-21-24-28-32(36)34-29-25-30-35(2,3)4/h31H,5-30H2,1-4H3/p+1. The third-order valence-corrected chi connectivity index (χ3v) is 7.37. The first-order valence-corrected chi connectivity index (χ1v) is 16.1. The molecular formula is C32H66FN2O+. The second kappa shape index (κ2) is 26.0. The number of hydrogen-bond donors (Lipinski definition) is 1. The lowest BCUT2D eigenvalue weighted by Gasteiger charge is -2.23. The molecule has 3 nitrogen and oxygen atoms in total. The minimum Gasteiger partial charge on any atom is -0.356 e. The molecule has 0 bridgehead atoms. The molecule has 0 heterocycles. The number of halogens is 1. The zero-order chi connectivity index (χ0) is 26.7. The van der Waals surface area contributed by atoms with Gasteiger partial charge in [0.2, 0.25) is 5.91 Å². The highest BCUT2D eigenvalue weighted by Crippen LogP contribution is 2.17. The van der Waals surface area contributed by atoms with Crippen molar-refractivity contribution in [2.75, 3.05) is 34.2 Å². The number of quaternary nitrogens is 1. The van der Waals surface area contributed by atoms with E-state index < -0.39 is 6.17 Å². The van der Waals surface area contributed by atoms with Gasteiger partial charge in [-0.3, -0.25) is 4.79 Å². The molecule has 0 aromatic carbocycles. The Morgan fingerprint density at radius 1 is 0.611 bits per heavy atom. The van der Waals surface area contributed by atoms with Gasteiger partial charge in [-0.05, 0) is 19.3 Å². The highest BCUT2D eigenvalue weighted by Gasteiger charge is 2.08. The van der Waals surface area contributed by atoms with Crippen molar-refractivity contribution in [3.63, 3.8) is 0 Å². The van der Waals surface area contributed by atoms with Crippen molar-refractivity contribution in [3.8, 4) is 0 Å². The zero-order valence-corrected chi connectivity index (χ0v) is 25.2. The summed E-state index contributed by atoms with van der Waals surface area (Å²) < 4.78 is 15.1. The fraction of sp³-hybridized carbons (Fsp3) is 0.969. The average molecular weight is 514 g/mol. The minimum atomic E-state index is -0.607. The first-order chi connectivity index (χ1) is 17.3. The van der Waals surface area contributed by atoms with Crippen LogP contribution in [0.25, 0.3) is 0 Å². The van der Waals surface area contributed by atoms with E-state index in [1.54, 1.807) is 0 Å². The van der Waals surface area contributed by atoms with E-state index in [4.69, 9.17) is 0 Å². The largest absolute Gasteiger partial charge is 0.356 e. The quantitative estimate of drug-likeness (QED) is 0.0819. The molecule has 0 aromatic rings. The normalized spacial score (nSPS) is 12.7. The van der Waals surface area contributed by atoms with Crippen LogP contribution in [0, 0.1) is 0 Å². The number of alkyl halides is 1. The highest BCUT2D eigenvalue weighted by molar-refractivity contribution is 5.75. The minimum absolute atomic E-state index is 0.184. The molecule has 1 atom stereocenters. The van der Waals surface area contributed by atoms with Crippen molar-refractivity contribution in [3.05, 3.63) is 0 Å². The summed E-state index contributed by atoms with van der Waals surface area (Å²) in [4.78, 5) is 11.9. The van der Waals surface area contributed by atoms with Crippen LogP contribution in [0.5, 0.6) is 0 Å². The Kier molecular flexibility index (Phi) is 25.5. The number of hydrogen-bond acceptors (Lipinski definition) is 1. The molecule has 0 saturated carbocycles. The number of nitrogens with zero attached hydrogens (tertiary/aromatic N) is 1. The van der Waals surface area contributed by atoms with Crippen LogP contribution in [-0.4, -0.2) is 50.8 Å². The van der Waals surface area contributed by atoms with Gasteiger partial charge in [0.25, 0.3) is 0 Å². The smallest absolute Gasteiger partial charge is 0.219 e. The monoisotopic (exact) mass is 514 g/mol. The van der Waals surface area contributed by atoms with Gasteiger partial charge >= 0.3 is 0 Å². The molecule has 0 rings (SSSR count). The third kappa shape index (κ3) is 29.6. The van der Waals surface area contributed by atoms with Gasteiger partial charge in [0, 0.05) is 19.4 Å². The van der Waals surface area contributed by atoms with Crippen LogP contribution < -0.4 is 5.32 Å². The van der Waals surface area contributed by atoms with Gasteiger partial charge in [-0.25, -0.2) is 4.39 Å². The topological polar surface area (TPSA) is 29.1 Å². The lowest BCUT2D eigenvalue weighted by Crippen LogP contribution is -2.37. The molecule has 0 aliphatic heterocycles. The fourth-order valence-electron chi connectivity index (χ4n) is 4.93. The van der Waals surface area contributed by atoms with E-state index in [0.717, 1.165) is 75.4 Å². The van der Waals surface area contributed by atoms with E-state index in [9.17, 15) is 9.18 Å². The van der Waals surface area contributed by atoms with Crippen LogP contribution in [-0.2, 0) is 4.79 Å². The number of unbranched alkanes of at least 4 members (excludes halogenated alkanes) is 18. The molecule has 0 fully saturated rings. The average Bonchev–Trinajstić information content (AvgIpc) is 2.83. The second-order valence-corrected chi connectivity index (χ2v) is 12.4. The predicted molar refractivity (Wildman–Crippen MR) is 157 cm³/mol. The summed E-state index contributed by atoms with van der Waals surface area (Å²) >= 11 is 0. The van der Waals surface area contributed by atoms with Crippen LogP contribution in [0.15, 0.2) is 0 Å². The number of carbonyl (C=O) groups is 1. The molecule has 4 heteroatoms. The van der Waals surface area contributed by atoms with Gasteiger partial charge in [0.1, 0.15) is 6.17 Å². The Balaban J connectivity index is 3.26. The van der Waals surface area contributed by atoms with Gasteiger partial charge in [-0.15, -0.1) is 0 Å². The molecule has 0 radical (unpaired) electrons. The van der Waals surface area contributed by atoms with Gasteiger partial charge < -0.3 is 9.80 Å². The van der Waals surface area contributed by atoms with E-state index in [1.807, 2.05) is 0 Å². The molecule has 216 valence electrons. The molecule has 0 aliphatic carbocycles. The Morgan fingerprint density at radius 3 is 1.42 bits per heavy atom. The molecule has 0 saturated heterocycles. The molecule has 0 aromatic heterocycles. The van der Waals surface area contributed by atoms with Gasteiger partial charge in [0.05, 0.1) is 27.7 Å². The molecule has 1 N–H and O–H groups in total. The molecule has 36 heavy (non-hydrogen) atoms. The van der Waals surface area contributed by atoms with Gasteiger partial charge in [-0.1, -0.05) is 129 Å². The van der Waals surface area contributed by atoms with E-state index in [-0.39, 0.29) is 5.91 Å². The van der Waals surface area contributed by atoms with E-state index in [1.165, 1.54) is 89.9 Å². The Bertz CT molecular complexity index is 464. The van der Waals surface area contributed by atoms with Crippen molar-refractivity contribution in [1.29, 1.82) is 0 Å². The Labute approximate surface area is 226 Å². The van der Waals surface area contributed by atoms with Crippen molar-refractivity contribution >= 4 is 5.91 Å². The summed E-state index contributed by atoms with van der Waals surface area (Å²) in [6.07, 6.45) is 28.2. The zero-order valence-electron chi connectivity index (χ0n) is 25.2. The third-order valence-electron chi connectivity index (χ3n) is 7.37. The second-order valence-electron chi connectivity index (χ2n) is 12.4. The summed E-state index contributed by atoms with van der Waals surface area (Å²) in [6, 6.07) is 0. The van der Waals surface area contributed by atoms with E-state index in [2.05, 4.69) is 33.4 Å². The SMILES string of the molecule is CCCCCCCCCCCCCCCCCC(F)CCCCCCCC(=O)NCCC[N+](C)(C)C. The lowest BCUT2D eigenvalue weighted by molar-refractivity contribution is -0.870. The summed E-state index contributed by atoms with van der Waals surface area (Å²) in [5, 5.41) is 3.03. The van der Waals surface area contributed by atoms with E-state index in [0.29, 0.717) is 6.42 Å². The molecule has 0 spiro atoms. The summed E-state index contributed by atoms with van der Waals surface area (Å²) in [6.45, 7) is 4.14. The van der Waals surface area contributed by atoms with Gasteiger partial charge in [-0.2, -0.15) is 0 Å². The highest BCUT2D eigenvalue weighted by atomic mass is 19.1. The van der Waals surface area contributed by atoms with Crippen molar-refractivity contribution < 1.29 is 13.7 Å². The summed E-state index contributed by atoms with van der Waals surface area (Å²) in [5.74, 6) is 0.184. The Hall–Kier alpha value is -0.640. The lowest BCUT2D eigenvalue weighted by atomic mass is 10.0. The molecule has 1 unspecified atom stereocenters. The number of nitrogens with one attached hydrogen (secondary N) is 1. The first-order valence-electron chi connectivity index (χ1n) is 16.1.